The summed E-state index contributed by atoms with van der Waals surface area (Å²) in [5, 5.41) is 15.1. The van der Waals surface area contributed by atoms with Crippen LogP contribution >= 0.6 is 23.4 Å². The summed E-state index contributed by atoms with van der Waals surface area (Å²) >= 11 is 7.13. The maximum absolute atomic E-state index is 11.8. The highest BCUT2D eigenvalue weighted by atomic mass is 35.5. The Bertz CT molecular complexity index is 944. The Morgan fingerprint density at radius 2 is 1.89 bits per heavy atom. The van der Waals surface area contributed by atoms with Gasteiger partial charge in [0.1, 0.15) is 0 Å². The number of non-ortho nitro benzene ring substituents is 1. The second-order valence-electron chi connectivity index (χ2n) is 5.22. The van der Waals surface area contributed by atoms with Crippen molar-refractivity contribution in [3.05, 3.63) is 69.6 Å². The minimum Gasteiger partial charge on any atom is -0.455 e. The first-order valence-electron chi connectivity index (χ1n) is 7.62. The zero-order chi connectivity index (χ0) is 19.2. The molecule has 0 fully saturated rings. The van der Waals surface area contributed by atoms with Gasteiger partial charge in [-0.1, -0.05) is 16.8 Å². The first-order chi connectivity index (χ1) is 13.0. The number of ether oxygens (including phenoxy) is 1. The number of nitrogens with zero attached hydrogens (tertiary/aromatic N) is 3. The molecule has 0 saturated carbocycles. The van der Waals surface area contributed by atoms with Crippen LogP contribution in [-0.2, 0) is 16.1 Å². The van der Waals surface area contributed by atoms with Crippen LogP contribution in [0, 0.1) is 10.1 Å². The summed E-state index contributed by atoms with van der Waals surface area (Å²) in [5.41, 5.74) is 0.523. The second kappa shape index (κ2) is 8.65. The number of nitro groups is 1. The van der Waals surface area contributed by atoms with E-state index in [1.807, 2.05) is 12.1 Å². The molecule has 1 heterocycles. The van der Waals surface area contributed by atoms with Crippen molar-refractivity contribution in [2.75, 3.05) is 5.75 Å². The lowest BCUT2D eigenvalue weighted by Crippen LogP contribution is -2.07. The van der Waals surface area contributed by atoms with Crippen molar-refractivity contribution in [1.82, 2.24) is 10.1 Å². The van der Waals surface area contributed by atoms with Gasteiger partial charge in [0.05, 0.1) is 10.7 Å². The molecule has 3 rings (SSSR count). The van der Waals surface area contributed by atoms with Crippen LogP contribution in [0.5, 0.6) is 0 Å². The van der Waals surface area contributed by atoms with E-state index >= 15 is 0 Å². The molecule has 0 atom stereocenters. The zero-order valence-corrected chi connectivity index (χ0v) is 15.3. The van der Waals surface area contributed by atoms with Crippen molar-refractivity contribution in [3.8, 4) is 11.4 Å². The number of aromatic nitrogens is 2. The Hall–Kier alpha value is -2.91. The maximum Gasteiger partial charge on any atom is 0.316 e. The van der Waals surface area contributed by atoms with Crippen molar-refractivity contribution < 1.29 is 19.0 Å². The standard InChI is InChI=1S/C17H12ClN3O5S/c18-12-3-7-14(8-4-12)27-10-16(22)25-9-15-19-17(20-26-15)11-1-5-13(6-2-11)21(23)24/h1-8H,9-10H2. The highest BCUT2D eigenvalue weighted by Crippen LogP contribution is 2.21. The topological polar surface area (TPSA) is 108 Å². The molecule has 0 saturated heterocycles. The minimum atomic E-state index is -0.493. The van der Waals surface area contributed by atoms with E-state index in [1.165, 1.54) is 36.0 Å². The number of carbonyl (C=O) groups is 1. The first-order valence-corrected chi connectivity index (χ1v) is 8.99. The SMILES string of the molecule is O=C(CSc1ccc(Cl)cc1)OCc1nc(-c2ccc([N+](=O)[O-])cc2)no1. The average molecular weight is 406 g/mol. The van der Waals surface area contributed by atoms with E-state index in [4.69, 9.17) is 20.9 Å². The minimum absolute atomic E-state index is 0.0328. The Morgan fingerprint density at radius 3 is 2.56 bits per heavy atom. The van der Waals surface area contributed by atoms with Gasteiger partial charge in [-0.05, 0) is 36.4 Å². The Balaban J connectivity index is 1.50. The number of halogens is 1. The highest BCUT2D eigenvalue weighted by Gasteiger charge is 2.13. The lowest BCUT2D eigenvalue weighted by Gasteiger charge is -2.02. The Kier molecular flexibility index (Phi) is 6.05. The fourth-order valence-electron chi connectivity index (χ4n) is 2.02. The van der Waals surface area contributed by atoms with E-state index in [2.05, 4.69) is 10.1 Å². The number of esters is 1. The molecule has 10 heteroatoms. The fraction of sp³-hybridized carbons (Fsp3) is 0.118. The largest absolute Gasteiger partial charge is 0.455 e. The van der Waals surface area contributed by atoms with Crippen LogP contribution in [0.15, 0.2) is 57.9 Å². The predicted octanol–water partition coefficient (Wildman–Crippen LogP) is 4.13. The maximum atomic E-state index is 11.8. The van der Waals surface area contributed by atoms with Crippen molar-refractivity contribution in [2.24, 2.45) is 0 Å². The molecular formula is C17H12ClN3O5S. The van der Waals surface area contributed by atoms with E-state index in [1.54, 1.807) is 12.1 Å². The number of thioether (sulfide) groups is 1. The van der Waals surface area contributed by atoms with Crippen molar-refractivity contribution >= 4 is 35.0 Å². The molecule has 0 unspecified atom stereocenters. The normalized spacial score (nSPS) is 10.6. The zero-order valence-electron chi connectivity index (χ0n) is 13.7. The third-order valence-electron chi connectivity index (χ3n) is 3.33. The van der Waals surface area contributed by atoms with Crippen LogP contribution in [-0.4, -0.2) is 26.8 Å². The summed E-state index contributed by atoms with van der Waals surface area (Å²) in [4.78, 5) is 27.0. The van der Waals surface area contributed by atoms with Gasteiger partial charge in [-0.3, -0.25) is 14.9 Å². The van der Waals surface area contributed by atoms with Crippen molar-refractivity contribution in [3.63, 3.8) is 0 Å². The molecule has 0 amide bonds. The van der Waals surface area contributed by atoms with Gasteiger partial charge < -0.3 is 9.26 Å². The van der Waals surface area contributed by atoms with Gasteiger partial charge in [0.2, 0.25) is 5.82 Å². The second-order valence-corrected chi connectivity index (χ2v) is 6.70. The van der Waals surface area contributed by atoms with E-state index in [0.717, 1.165) is 4.90 Å². The van der Waals surface area contributed by atoms with Crippen LogP contribution in [0.3, 0.4) is 0 Å². The Morgan fingerprint density at radius 1 is 1.19 bits per heavy atom. The van der Waals surface area contributed by atoms with E-state index < -0.39 is 10.9 Å². The summed E-state index contributed by atoms with van der Waals surface area (Å²) < 4.78 is 10.1. The van der Waals surface area contributed by atoms with Crippen LogP contribution in [0.25, 0.3) is 11.4 Å². The fourth-order valence-corrected chi connectivity index (χ4v) is 2.84. The molecule has 0 radical (unpaired) electrons. The molecule has 1 aromatic heterocycles. The van der Waals surface area contributed by atoms with Gasteiger partial charge >= 0.3 is 5.97 Å². The molecule has 0 aliphatic carbocycles. The van der Waals surface area contributed by atoms with E-state index in [0.29, 0.717) is 10.6 Å². The molecule has 0 bridgehead atoms. The highest BCUT2D eigenvalue weighted by molar-refractivity contribution is 8.00. The van der Waals surface area contributed by atoms with Crippen LogP contribution in [0.2, 0.25) is 5.02 Å². The molecule has 8 nitrogen and oxygen atoms in total. The van der Waals surface area contributed by atoms with Gasteiger partial charge in [0, 0.05) is 27.6 Å². The smallest absolute Gasteiger partial charge is 0.316 e. The summed E-state index contributed by atoms with van der Waals surface area (Å²) in [5.74, 6) is 0.0926. The van der Waals surface area contributed by atoms with Gasteiger partial charge in [-0.2, -0.15) is 4.98 Å². The number of hydrogen-bond donors (Lipinski definition) is 0. The average Bonchev–Trinajstić information content (AvgIpc) is 3.15. The third-order valence-corrected chi connectivity index (χ3v) is 4.57. The number of benzene rings is 2. The third kappa shape index (κ3) is 5.28. The van der Waals surface area contributed by atoms with Crippen molar-refractivity contribution in [2.45, 2.75) is 11.5 Å². The van der Waals surface area contributed by atoms with Crippen LogP contribution in [0.1, 0.15) is 5.89 Å². The quantitative estimate of drug-likeness (QED) is 0.250. The van der Waals surface area contributed by atoms with Gasteiger partial charge in [-0.15, -0.1) is 11.8 Å². The molecule has 27 heavy (non-hydrogen) atoms. The summed E-state index contributed by atoms with van der Waals surface area (Å²) in [6.07, 6.45) is 0. The Labute approximate surface area is 162 Å². The lowest BCUT2D eigenvalue weighted by molar-refractivity contribution is -0.384. The first kappa shape index (κ1) is 18.9. The van der Waals surface area contributed by atoms with Gasteiger partial charge in [0.25, 0.3) is 11.6 Å². The lowest BCUT2D eigenvalue weighted by atomic mass is 10.2. The summed E-state index contributed by atoms with van der Waals surface area (Å²) in [6.45, 7) is -0.153. The number of carbonyl (C=O) groups excluding carboxylic acids is 1. The van der Waals surface area contributed by atoms with Crippen LogP contribution in [0.4, 0.5) is 5.69 Å². The van der Waals surface area contributed by atoms with E-state index in [-0.39, 0.29) is 29.8 Å². The number of hydrogen-bond acceptors (Lipinski definition) is 8. The molecule has 2 aromatic carbocycles. The molecule has 0 spiro atoms. The molecule has 0 aliphatic rings. The van der Waals surface area contributed by atoms with Crippen LogP contribution < -0.4 is 0 Å². The molecule has 3 aromatic rings. The monoisotopic (exact) mass is 405 g/mol. The summed E-state index contributed by atoms with van der Waals surface area (Å²) in [7, 11) is 0. The van der Waals surface area contributed by atoms with Gasteiger partial charge in [0.15, 0.2) is 6.61 Å². The van der Waals surface area contributed by atoms with Crippen molar-refractivity contribution in [1.29, 1.82) is 0 Å². The van der Waals surface area contributed by atoms with E-state index in [9.17, 15) is 14.9 Å². The molecule has 0 aliphatic heterocycles. The predicted molar refractivity (Wildman–Crippen MR) is 98.4 cm³/mol. The van der Waals surface area contributed by atoms with Gasteiger partial charge in [-0.25, -0.2) is 0 Å². The molecular weight excluding hydrogens is 394 g/mol. The summed E-state index contributed by atoms with van der Waals surface area (Å²) in [6, 6.07) is 12.8. The number of nitro benzene ring substituents is 1. The molecule has 138 valence electrons. The molecule has 0 N–H and O–H groups in total. The number of rotatable bonds is 7.